The van der Waals surface area contributed by atoms with Gasteiger partial charge in [-0.25, -0.2) is 0 Å². The first kappa shape index (κ1) is 16.9. The van der Waals surface area contributed by atoms with Crippen molar-refractivity contribution >= 4 is 22.7 Å². The van der Waals surface area contributed by atoms with Gasteiger partial charge in [0.1, 0.15) is 11.8 Å². The Morgan fingerprint density at radius 3 is 2.74 bits per heavy atom. The molecule has 0 saturated carbocycles. The van der Waals surface area contributed by atoms with Crippen molar-refractivity contribution in [2.75, 3.05) is 7.11 Å². The Morgan fingerprint density at radius 1 is 1.39 bits per heavy atom. The number of primary amides is 1. The van der Waals surface area contributed by atoms with Crippen molar-refractivity contribution in [2.45, 2.75) is 32.7 Å². The van der Waals surface area contributed by atoms with Gasteiger partial charge >= 0.3 is 0 Å². The Morgan fingerprint density at radius 2 is 2.13 bits per heavy atom. The molecule has 1 heterocycles. The number of H-pyrrole nitrogens is 1. The quantitative estimate of drug-likeness (QED) is 0.725. The number of benzene rings is 1. The Kier molecular flexibility index (Phi) is 5.26. The largest absolute Gasteiger partial charge is 0.497 e. The van der Waals surface area contributed by atoms with Crippen LogP contribution in [0, 0.1) is 5.92 Å². The maximum atomic E-state index is 12.3. The van der Waals surface area contributed by atoms with E-state index in [1.807, 2.05) is 32.0 Å². The molecule has 0 aliphatic heterocycles. The lowest BCUT2D eigenvalue weighted by atomic mass is 9.98. The van der Waals surface area contributed by atoms with Crippen LogP contribution in [0.25, 0.3) is 10.9 Å². The number of nitrogens with two attached hydrogens (primary N) is 1. The lowest BCUT2D eigenvalue weighted by Gasteiger charge is -2.21. The van der Waals surface area contributed by atoms with E-state index in [0.717, 1.165) is 28.6 Å². The molecular formula is C17H23N3O3. The van der Waals surface area contributed by atoms with Gasteiger partial charge in [0.05, 0.1) is 13.5 Å². The number of aromatic amines is 1. The van der Waals surface area contributed by atoms with Crippen molar-refractivity contribution in [3.05, 3.63) is 30.0 Å². The lowest BCUT2D eigenvalue weighted by molar-refractivity contribution is -0.128. The summed E-state index contributed by atoms with van der Waals surface area (Å²) < 4.78 is 5.22. The SMILES string of the molecule is CCC(C)C(NC(=O)Cc1c[nH]c2ccc(OC)cc12)C(N)=O. The fraction of sp³-hybridized carbons (Fsp3) is 0.412. The van der Waals surface area contributed by atoms with E-state index in [-0.39, 0.29) is 18.2 Å². The number of fused-ring (bicyclic) bond motifs is 1. The molecule has 0 spiro atoms. The van der Waals surface area contributed by atoms with Crippen molar-refractivity contribution in [2.24, 2.45) is 11.7 Å². The van der Waals surface area contributed by atoms with E-state index in [9.17, 15) is 9.59 Å². The molecular weight excluding hydrogens is 294 g/mol. The number of carbonyl (C=O) groups is 2. The molecule has 1 aromatic heterocycles. The predicted octanol–water partition coefficient (Wildman–Crippen LogP) is 1.74. The van der Waals surface area contributed by atoms with Crippen molar-refractivity contribution in [3.8, 4) is 5.75 Å². The zero-order chi connectivity index (χ0) is 17.0. The molecule has 0 fully saturated rings. The summed E-state index contributed by atoms with van der Waals surface area (Å²) in [5.74, 6) is -0.000922. The smallest absolute Gasteiger partial charge is 0.240 e. The van der Waals surface area contributed by atoms with Gasteiger partial charge in [0, 0.05) is 17.1 Å². The fourth-order valence-corrected chi connectivity index (χ4v) is 2.56. The molecule has 0 bridgehead atoms. The fourth-order valence-electron chi connectivity index (χ4n) is 2.56. The number of methoxy groups -OCH3 is 1. The Labute approximate surface area is 135 Å². The minimum atomic E-state index is -0.646. The molecule has 2 rings (SSSR count). The first-order valence-corrected chi connectivity index (χ1v) is 7.69. The van der Waals surface area contributed by atoms with Gasteiger partial charge < -0.3 is 20.8 Å². The summed E-state index contributed by atoms with van der Waals surface area (Å²) in [5, 5.41) is 3.67. The summed E-state index contributed by atoms with van der Waals surface area (Å²) >= 11 is 0. The normalized spacial score (nSPS) is 13.5. The second-order valence-corrected chi connectivity index (χ2v) is 5.74. The first-order valence-electron chi connectivity index (χ1n) is 7.69. The maximum Gasteiger partial charge on any atom is 0.240 e. The highest BCUT2D eigenvalue weighted by Gasteiger charge is 2.23. The Hall–Kier alpha value is -2.50. The highest BCUT2D eigenvalue weighted by atomic mass is 16.5. The lowest BCUT2D eigenvalue weighted by Crippen LogP contribution is -2.48. The molecule has 0 aliphatic carbocycles. The van der Waals surface area contributed by atoms with E-state index >= 15 is 0 Å². The average molecular weight is 317 g/mol. The van der Waals surface area contributed by atoms with Crippen LogP contribution >= 0.6 is 0 Å². The Bertz CT molecular complexity index is 708. The van der Waals surface area contributed by atoms with Crippen molar-refractivity contribution in [1.82, 2.24) is 10.3 Å². The predicted molar refractivity (Wildman–Crippen MR) is 89.1 cm³/mol. The van der Waals surface area contributed by atoms with Crippen molar-refractivity contribution in [1.29, 1.82) is 0 Å². The minimum Gasteiger partial charge on any atom is -0.497 e. The number of hydrogen-bond donors (Lipinski definition) is 3. The monoisotopic (exact) mass is 317 g/mol. The molecule has 124 valence electrons. The third-order valence-corrected chi connectivity index (χ3v) is 4.16. The van der Waals surface area contributed by atoms with E-state index in [2.05, 4.69) is 10.3 Å². The summed E-state index contributed by atoms with van der Waals surface area (Å²) in [6, 6.07) is 5.00. The van der Waals surface area contributed by atoms with E-state index in [1.165, 1.54) is 0 Å². The number of carbonyl (C=O) groups excluding carboxylic acids is 2. The maximum absolute atomic E-state index is 12.3. The number of hydrogen-bond acceptors (Lipinski definition) is 3. The van der Waals surface area contributed by atoms with Crippen molar-refractivity contribution in [3.63, 3.8) is 0 Å². The average Bonchev–Trinajstić information content (AvgIpc) is 2.93. The summed E-state index contributed by atoms with van der Waals surface area (Å²) in [6.45, 7) is 3.85. The second-order valence-electron chi connectivity index (χ2n) is 5.74. The Balaban J connectivity index is 2.15. The molecule has 6 heteroatoms. The van der Waals surface area contributed by atoms with Gasteiger partial charge in [-0.05, 0) is 29.7 Å². The molecule has 2 amide bonds. The summed E-state index contributed by atoms with van der Waals surface area (Å²) in [5.41, 5.74) is 7.17. The van der Waals surface area contributed by atoms with Crippen LogP contribution in [0.1, 0.15) is 25.8 Å². The second kappa shape index (κ2) is 7.17. The van der Waals surface area contributed by atoms with Gasteiger partial charge in [-0.3, -0.25) is 9.59 Å². The van der Waals surface area contributed by atoms with Crippen LogP contribution in [0.5, 0.6) is 5.75 Å². The molecule has 2 aromatic rings. The molecule has 23 heavy (non-hydrogen) atoms. The van der Waals surface area contributed by atoms with Crippen LogP contribution in [-0.2, 0) is 16.0 Å². The molecule has 2 atom stereocenters. The van der Waals surface area contributed by atoms with Crippen LogP contribution in [0.3, 0.4) is 0 Å². The van der Waals surface area contributed by atoms with E-state index in [0.29, 0.717) is 0 Å². The van der Waals surface area contributed by atoms with Gasteiger partial charge in [-0.2, -0.15) is 0 Å². The minimum absolute atomic E-state index is 0.000451. The molecule has 0 saturated heterocycles. The van der Waals surface area contributed by atoms with E-state index < -0.39 is 11.9 Å². The third kappa shape index (κ3) is 3.83. The number of amides is 2. The van der Waals surface area contributed by atoms with Gasteiger partial charge in [0.25, 0.3) is 0 Å². The molecule has 2 unspecified atom stereocenters. The van der Waals surface area contributed by atoms with Gasteiger partial charge in [0.2, 0.25) is 11.8 Å². The zero-order valence-electron chi connectivity index (χ0n) is 13.7. The first-order chi connectivity index (χ1) is 11.0. The number of ether oxygens (including phenoxy) is 1. The van der Waals surface area contributed by atoms with E-state index in [1.54, 1.807) is 13.3 Å². The van der Waals surface area contributed by atoms with Crippen LogP contribution in [0.4, 0.5) is 0 Å². The number of nitrogens with one attached hydrogen (secondary N) is 2. The van der Waals surface area contributed by atoms with Crippen LogP contribution in [0.15, 0.2) is 24.4 Å². The zero-order valence-corrected chi connectivity index (χ0v) is 13.7. The molecule has 0 radical (unpaired) electrons. The molecule has 4 N–H and O–H groups in total. The highest BCUT2D eigenvalue weighted by molar-refractivity contribution is 5.92. The van der Waals surface area contributed by atoms with Crippen LogP contribution in [0.2, 0.25) is 0 Å². The molecule has 0 aliphatic rings. The van der Waals surface area contributed by atoms with E-state index in [4.69, 9.17) is 10.5 Å². The summed E-state index contributed by atoms with van der Waals surface area (Å²) in [4.78, 5) is 26.9. The summed E-state index contributed by atoms with van der Waals surface area (Å²) in [7, 11) is 1.60. The van der Waals surface area contributed by atoms with Gasteiger partial charge in [0.15, 0.2) is 0 Å². The standard InChI is InChI=1S/C17H23N3O3/c1-4-10(2)16(17(18)22)20-15(21)7-11-9-19-14-6-5-12(23-3)8-13(11)14/h5-6,8-10,16,19H,4,7H2,1-3H3,(H2,18,22)(H,20,21). The highest BCUT2D eigenvalue weighted by Crippen LogP contribution is 2.24. The third-order valence-electron chi connectivity index (χ3n) is 4.16. The topological polar surface area (TPSA) is 97.2 Å². The molecule has 6 nitrogen and oxygen atoms in total. The molecule has 1 aromatic carbocycles. The number of aromatic nitrogens is 1. The van der Waals surface area contributed by atoms with Crippen LogP contribution < -0.4 is 15.8 Å². The van der Waals surface area contributed by atoms with Gasteiger partial charge in [-0.15, -0.1) is 0 Å². The van der Waals surface area contributed by atoms with Crippen LogP contribution in [-0.4, -0.2) is 29.9 Å². The van der Waals surface area contributed by atoms with Crippen molar-refractivity contribution < 1.29 is 14.3 Å². The number of rotatable bonds is 7. The summed E-state index contributed by atoms with van der Waals surface area (Å²) in [6.07, 6.45) is 2.73. The van der Waals surface area contributed by atoms with Gasteiger partial charge in [-0.1, -0.05) is 20.3 Å².